The smallest absolute Gasteiger partial charge is 0.296 e. The van der Waals surface area contributed by atoms with Gasteiger partial charge in [0.05, 0.1) is 31.5 Å². The second-order valence-electron chi connectivity index (χ2n) is 6.94. The summed E-state index contributed by atoms with van der Waals surface area (Å²) in [6, 6.07) is 13.2. The standard InChI is InChI=1S/C23H18ClNO6/c1-30-18-9-6-14(11-17(18)26)20-19(21(27)13-4-7-15(24)8-5-13)22(28)23(29)25(20)12-16-3-2-10-31-16/h2-11,20,26-27H,12H2,1H3/b21-19-. The number of ketones is 1. The molecule has 158 valence electrons. The van der Waals surface area contributed by atoms with Gasteiger partial charge in [-0.15, -0.1) is 0 Å². The molecule has 1 aliphatic rings. The number of aliphatic hydroxyl groups excluding tert-OH is 1. The van der Waals surface area contributed by atoms with E-state index in [-0.39, 0.29) is 29.4 Å². The van der Waals surface area contributed by atoms with Gasteiger partial charge in [-0.25, -0.2) is 0 Å². The zero-order chi connectivity index (χ0) is 22.1. The number of carbonyl (C=O) groups is 2. The van der Waals surface area contributed by atoms with Gasteiger partial charge >= 0.3 is 0 Å². The van der Waals surface area contributed by atoms with E-state index in [2.05, 4.69) is 0 Å². The molecule has 0 aliphatic carbocycles. The lowest BCUT2D eigenvalue weighted by Crippen LogP contribution is -2.29. The number of amides is 1. The van der Waals surface area contributed by atoms with Gasteiger partial charge < -0.3 is 24.3 Å². The molecule has 8 heteroatoms. The number of furan rings is 1. The van der Waals surface area contributed by atoms with Crippen LogP contribution in [0.4, 0.5) is 0 Å². The van der Waals surface area contributed by atoms with Crippen LogP contribution in [0.3, 0.4) is 0 Å². The first-order valence-corrected chi connectivity index (χ1v) is 9.72. The first-order chi connectivity index (χ1) is 14.9. The summed E-state index contributed by atoms with van der Waals surface area (Å²) in [5, 5.41) is 21.7. The van der Waals surface area contributed by atoms with Crippen LogP contribution in [0.5, 0.6) is 11.5 Å². The minimum absolute atomic E-state index is 0.00638. The SMILES string of the molecule is COc1ccc(C2/C(=C(/O)c3ccc(Cl)cc3)C(=O)C(=O)N2Cc2ccco2)cc1O. The van der Waals surface area contributed by atoms with Crippen LogP contribution in [0, 0.1) is 0 Å². The number of aliphatic hydroxyl groups is 1. The van der Waals surface area contributed by atoms with E-state index in [9.17, 15) is 19.8 Å². The number of halogens is 1. The fourth-order valence-electron chi connectivity index (χ4n) is 3.60. The number of carbonyl (C=O) groups excluding carboxylic acids is 2. The Labute approximate surface area is 182 Å². The van der Waals surface area contributed by atoms with Crippen LogP contribution in [0.1, 0.15) is 22.9 Å². The number of aromatic hydroxyl groups is 1. The molecule has 4 rings (SSSR count). The van der Waals surface area contributed by atoms with Gasteiger partial charge in [-0.05, 0) is 54.1 Å². The zero-order valence-electron chi connectivity index (χ0n) is 16.4. The molecular weight excluding hydrogens is 422 g/mol. The number of likely N-dealkylation sites (tertiary alicyclic amines) is 1. The van der Waals surface area contributed by atoms with Gasteiger partial charge in [0.25, 0.3) is 11.7 Å². The van der Waals surface area contributed by atoms with E-state index in [0.29, 0.717) is 21.9 Å². The molecule has 1 aliphatic heterocycles. The Balaban J connectivity index is 1.88. The average Bonchev–Trinajstić information content (AvgIpc) is 3.36. The number of methoxy groups -OCH3 is 1. The van der Waals surface area contributed by atoms with Crippen molar-refractivity contribution in [1.29, 1.82) is 0 Å². The van der Waals surface area contributed by atoms with E-state index in [1.165, 1.54) is 30.4 Å². The summed E-state index contributed by atoms with van der Waals surface area (Å²) in [5.41, 5.74) is 0.672. The molecule has 1 saturated heterocycles. The summed E-state index contributed by atoms with van der Waals surface area (Å²) >= 11 is 5.92. The number of Topliss-reactive ketones (excluding diaryl/α,β-unsaturated/α-hetero) is 1. The Morgan fingerprint density at radius 1 is 1.16 bits per heavy atom. The molecule has 1 unspecified atom stereocenters. The van der Waals surface area contributed by atoms with Crippen LogP contribution in [-0.4, -0.2) is 33.9 Å². The van der Waals surface area contributed by atoms with Gasteiger partial charge in [-0.3, -0.25) is 9.59 Å². The highest BCUT2D eigenvalue weighted by atomic mass is 35.5. The molecule has 31 heavy (non-hydrogen) atoms. The van der Waals surface area contributed by atoms with Crippen molar-refractivity contribution in [3.8, 4) is 11.5 Å². The number of benzene rings is 2. The minimum Gasteiger partial charge on any atom is -0.507 e. The second-order valence-corrected chi connectivity index (χ2v) is 7.38. The number of ether oxygens (including phenoxy) is 1. The first kappa shape index (κ1) is 20.6. The number of phenols is 1. The summed E-state index contributed by atoms with van der Waals surface area (Å²) in [6.45, 7) is 0.00638. The van der Waals surface area contributed by atoms with Crippen molar-refractivity contribution in [1.82, 2.24) is 4.90 Å². The van der Waals surface area contributed by atoms with Gasteiger partial charge in [0.1, 0.15) is 11.5 Å². The maximum Gasteiger partial charge on any atom is 0.296 e. The Morgan fingerprint density at radius 3 is 2.52 bits per heavy atom. The molecular formula is C23H18ClNO6. The van der Waals surface area contributed by atoms with Crippen molar-refractivity contribution in [2.45, 2.75) is 12.6 Å². The number of hydrogen-bond donors (Lipinski definition) is 2. The van der Waals surface area contributed by atoms with Gasteiger partial charge in [-0.1, -0.05) is 17.7 Å². The van der Waals surface area contributed by atoms with E-state index in [4.69, 9.17) is 20.8 Å². The topological polar surface area (TPSA) is 100 Å². The Hall–Kier alpha value is -3.71. The summed E-state index contributed by atoms with van der Waals surface area (Å²) < 4.78 is 10.4. The van der Waals surface area contributed by atoms with Crippen molar-refractivity contribution in [3.63, 3.8) is 0 Å². The van der Waals surface area contributed by atoms with Crippen molar-refractivity contribution in [2.75, 3.05) is 7.11 Å². The second kappa shape index (κ2) is 8.20. The molecule has 1 atom stereocenters. The average molecular weight is 440 g/mol. The molecule has 0 radical (unpaired) electrons. The van der Waals surface area contributed by atoms with Crippen molar-refractivity contribution in [3.05, 3.63) is 88.3 Å². The van der Waals surface area contributed by atoms with Gasteiger partial charge in [0.15, 0.2) is 11.5 Å². The number of nitrogens with zero attached hydrogens (tertiary/aromatic N) is 1. The fourth-order valence-corrected chi connectivity index (χ4v) is 3.73. The maximum atomic E-state index is 13.0. The molecule has 0 bridgehead atoms. The summed E-state index contributed by atoms with van der Waals surface area (Å²) in [7, 11) is 1.41. The lowest BCUT2D eigenvalue weighted by molar-refractivity contribution is -0.140. The molecule has 2 heterocycles. The molecule has 7 nitrogen and oxygen atoms in total. The summed E-state index contributed by atoms with van der Waals surface area (Å²) in [4.78, 5) is 27.2. The van der Waals surface area contributed by atoms with Gasteiger partial charge in [-0.2, -0.15) is 0 Å². The normalized spacial score (nSPS) is 17.9. The Bertz CT molecular complexity index is 1170. The van der Waals surface area contributed by atoms with Crippen LogP contribution in [-0.2, 0) is 16.1 Å². The van der Waals surface area contributed by atoms with Crippen LogP contribution < -0.4 is 4.74 Å². The molecule has 0 spiro atoms. The first-order valence-electron chi connectivity index (χ1n) is 9.34. The van der Waals surface area contributed by atoms with Crippen molar-refractivity contribution in [2.24, 2.45) is 0 Å². The quantitative estimate of drug-likeness (QED) is 0.350. The van der Waals surface area contributed by atoms with Crippen molar-refractivity contribution < 1.29 is 29.0 Å². The van der Waals surface area contributed by atoms with E-state index >= 15 is 0 Å². The van der Waals surface area contributed by atoms with Crippen molar-refractivity contribution >= 4 is 29.1 Å². The third-order valence-corrected chi connectivity index (χ3v) is 5.33. The third-order valence-electron chi connectivity index (χ3n) is 5.08. The lowest BCUT2D eigenvalue weighted by atomic mass is 9.95. The van der Waals surface area contributed by atoms with Crippen LogP contribution in [0.25, 0.3) is 5.76 Å². The van der Waals surface area contributed by atoms with Gasteiger partial charge in [0, 0.05) is 10.6 Å². The summed E-state index contributed by atoms with van der Waals surface area (Å²) in [6.07, 6.45) is 1.47. The maximum absolute atomic E-state index is 13.0. The minimum atomic E-state index is -0.947. The van der Waals surface area contributed by atoms with Crippen LogP contribution >= 0.6 is 11.6 Å². The molecule has 1 amide bonds. The molecule has 1 aromatic heterocycles. The van der Waals surface area contributed by atoms with E-state index in [1.807, 2.05) is 0 Å². The monoisotopic (exact) mass is 439 g/mol. The zero-order valence-corrected chi connectivity index (χ0v) is 17.2. The van der Waals surface area contributed by atoms with E-state index in [1.54, 1.807) is 42.5 Å². The molecule has 3 aromatic rings. The number of phenolic OH excluding ortho intramolecular Hbond substituents is 1. The molecule has 2 N–H and O–H groups in total. The van der Waals surface area contributed by atoms with E-state index in [0.717, 1.165) is 0 Å². The summed E-state index contributed by atoms with van der Waals surface area (Å²) in [5.74, 6) is -1.40. The van der Waals surface area contributed by atoms with Crippen LogP contribution in [0.15, 0.2) is 70.9 Å². The Kier molecular flexibility index (Phi) is 5.44. The highest BCUT2D eigenvalue weighted by Crippen LogP contribution is 2.42. The highest BCUT2D eigenvalue weighted by molar-refractivity contribution is 6.46. The van der Waals surface area contributed by atoms with E-state index < -0.39 is 17.7 Å². The third kappa shape index (κ3) is 3.75. The molecule has 0 saturated carbocycles. The predicted octanol–water partition coefficient (Wildman–Crippen LogP) is 4.27. The van der Waals surface area contributed by atoms with Gasteiger partial charge in [0.2, 0.25) is 0 Å². The Morgan fingerprint density at radius 2 is 1.90 bits per heavy atom. The largest absolute Gasteiger partial charge is 0.507 e. The molecule has 1 fully saturated rings. The number of rotatable bonds is 5. The lowest BCUT2D eigenvalue weighted by Gasteiger charge is -2.25. The predicted molar refractivity (Wildman–Crippen MR) is 113 cm³/mol. The molecule has 2 aromatic carbocycles. The van der Waals surface area contributed by atoms with Crippen LogP contribution in [0.2, 0.25) is 5.02 Å². The fraction of sp³-hybridized carbons (Fsp3) is 0.130. The highest BCUT2D eigenvalue weighted by Gasteiger charge is 2.46. The number of hydrogen-bond acceptors (Lipinski definition) is 6.